The average molecular weight is 358 g/mol. The summed E-state index contributed by atoms with van der Waals surface area (Å²) in [6.45, 7) is 1.74. The molecule has 0 fully saturated rings. The van der Waals surface area contributed by atoms with Gasteiger partial charge in [0.1, 0.15) is 5.75 Å². The Kier molecular flexibility index (Phi) is 5.72. The van der Waals surface area contributed by atoms with E-state index in [1.807, 2.05) is 0 Å². The second-order valence-corrected chi connectivity index (χ2v) is 5.48. The molecule has 0 aromatic heterocycles. The third-order valence-corrected chi connectivity index (χ3v) is 3.43. The molecule has 0 saturated heterocycles. The summed E-state index contributed by atoms with van der Waals surface area (Å²) in [5, 5.41) is 2.90. The van der Waals surface area contributed by atoms with Crippen LogP contribution in [0.25, 0.3) is 0 Å². The van der Waals surface area contributed by atoms with Crippen molar-refractivity contribution >= 4 is 23.2 Å². The molecule has 1 atom stereocenters. The zero-order valence-corrected chi connectivity index (χ0v) is 13.5. The van der Waals surface area contributed by atoms with Crippen molar-refractivity contribution in [2.24, 2.45) is 0 Å². The number of benzene rings is 2. The summed E-state index contributed by atoms with van der Waals surface area (Å²) in [4.78, 5) is 12.2. The third kappa shape index (κ3) is 4.89. The minimum absolute atomic E-state index is 0.0583. The summed E-state index contributed by atoms with van der Waals surface area (Å²) in [7, 11) is 0. The third-order valence-electron chi connectivity index (χ3n) is 3.20. The van der Waals surface area contributed by atoms with Crippen molar-refractivity contribution in [2.75, 3.05) is 5.32 Å². The maximum atomic E-state index is 12.7. The molecule has 1 amide bonds. The Labute approximate surface area is 142 Å². The number of hydrogen-bond acceptors (Lipinski definition) is 2. The van der Waals surface area contributed by atoms with Gasteiger partial charge in [-0.2, -0.15) is 13.2 Å². The lowest BCUT2D eigenvalue weighted by molar-refractivity contribution is -0.137. The molecule has 0 aliphatic carbocycles. The van der Waals surface area contributed by atoms with Crippen LogP contribution in [0.3, 0.4) is 0 Å². The van der Waals surface area contributed by atoms with Gasteiger partial charge < -0.3 is 10.1 Å². The first kappa shape index (κ1) is 18.1. The fraction of sp³-hybridized carbons (Fsp3) is 0.235. The van der Waals surface area contributed by atoms with E-state index in [2.05, 4.69) is 5.32 Å². The van der Waals surface area contributed by atoms with Crippen molar-refractivity contribution in [3.8, 4) is 5.75 Å². The Hall–Kier alpha value is -2.21. The molecule has 0 radical (unpaired) electrons. The van der Waals surface area contributed by atoms with E-state index in [0.29, 0.717) is 17.2 Å². The Bertz CT molecular complexity index is 719. The number of rotatable bonds is 5. The van der Waals surface area contributed by atoms with Crippen molar-refractivity contribution in [1.82, 2.24) is 0 Å². The van der Waals surface area contributed by atoms with Crippen LogP contribution in [0.2, 0.25) is 5.02 Å². The number of alkyl halides is 3. The summed E-state index contributed by atoms with van der Waals surface area (Å²) in [5.74, 6) is -0.120. The van der Waals surface area contributed by atoms with E-state index < -0.39 is 23.8 Å². The number of halogens is 4. The van der Waals surface area contributed by atoms with Gasteiger partial charge in [-0.15, -0.1) is 0 Å². The highest BCUT2D eigenvalue weighted by molar-refractivity contribution is 6.30. The maximum Gasteiger partial charge on any atom is 0.416 e. The molecule has 0 saturated carbocycles. The topological polar surface area (TPSA) is 38.3 Å². The smallest absolute Gasteiger partial charge is 0.416 e. The van der Waals surface area contributed by atoms with Crippen molar-refractivity contribution < 1.29 is 22.7 Å². The van der Waals surface area contributed by atoms with Gasteiger partial charge in [-0.05, 0) is 42.8 Å². The lowest BCUT2D eigenvalue weighted by Crippen LogP contribution is -2.32. The van der Waals surface area contributed by atoms with Gasteiger partial charge in [-0.3, -0.25) is 4.79 Å². The molecule has 2 aromatic rings. The first-order valence-electron chi connectivity index (χ1n) is 7.20. The quantitative estimate of drug-likeness (QED) is 0.803. The second-order valence-electron chi connectivity index (χ2n) is 5.04. The van der Waals surface area contributed by atoms with E-state index in [1.165, 1.54) is 12.1 Å². The van der Waals surface area contributed by atoms with Crippen LogP contribution in [-0.4, -0.2) is 12.0 Å². The van der Waals surface area contributed by atoms with Crippen molar-refractivity contribution in [1.29, 1.82) is 0 Å². The van der Waals surface area contributed by atoms with Crippen LogP contribution in [0.4, 0.5) is 18.9 Å². The molecule has 0 heterocycles. The molecule has 1 unspecified atom stereocenters. The highest BCUT2D eigenvalue weighted by Crippen LogP contribution is 2.30. The van der Waals surface area contributed by atoms with E-state index in [1.54, 1.807) is 31.2 Å². The molecule has 24 heavy (non-hydrogen) atoms. The Balaban J connectivity index is 2.09. The summed E-state index contributed by atoms with van der Waals surface area (Å²) in [5.41, 5.74) is -0.771. The molecule has 1 N–H and O–H groups in total. The van der Waals surface area contributed by atoms with Gasteiger partial charge in [0.05, 0.1) is 5.56 Å². The summed E-state index contributed by atoms with van der Waals surface area (Å²) in [6.07, 6.45) is -4.97. The average Bonchev–Trinajstić information content (AvgIpc) is 2.52. The van der Waals surface area contributed by atoms with E-state index in [-0.39, 0.29) is 5.69 Å². The number of carbonyl (C=O) groups is 1. The van der Waals surface area contributed by atoms with Crippen LogP contribution in [0, 0.1) is 0 Å². The van der Waals surface area contributed by atoms with Gasteiger partial charge in [0.15, 0.2) is 6.10 Å². The number of amides is 1. The SMILES string of the molecule is CCC(Oc1cccc(Cl)c1)C(=O)Nc1cccc(C(F)(F)F)c1. The van der Waals surface area contributed by atoms with Gasteiger partial charge in [0, 0.05) is 10.7 Å². The molecular formula is C17H15ClF3NO2. The summed E-state index contributed by atoms with van der Waals surface area (Å²) >= 11 is 5.85. The number of nitrogens with one attached hydrogen (secondary N) is 1. The van der Waals surface area contributed by atoms with Gasteiger partial charge in [0.25, 0.3) is 5.91 Å². The normalized spacial score (nSPS) is 12.5. The van der Waals surface area contributed by atoms with Crippen LogP contribution in [-0.2, 0) is 11.0 Å². The zero-order chi connectivity index (χ0) is 17.7. The number of anilines is 1. The Morgan fingerprint density at radius 2 is 1.92 bits per heavy atom. The maximum absolute atomic E-state index is 12.7. The highest BCUT2D eigenvalue weighted by atomic mass is 35.5. The Morgan fingerprint density at radius 3 is 2.54 bits per heavy atom. The summed E-state index contributed by atoms with van der Waals surface area (Å²) in [6, 6.07) is 11.0. The largest absolute Gasteiger partial charge is 0.481 e. The van der Waals surface area contributed by atoms with Crippen molar-refractivity contribution in [3.05, 3.63) is 59.1 Å². The number of ether oxygens (including phenoxy) is 1. The van der Waals surface area contributed by atoms with Crippen molar-refractivity contribution in [2.45, 2.75) is 25.6 Å². The first-order valence-corrected chi connectivity index (χ1v) is 7.57. The first-order chi connectivity index (χ1) is 11.3. The lowest BCUT2D eigenvalue weighted by atomic mass is 10.2. The minimum Gasteiger partial charge on any atom is -0.481 e. The van der Waals surface area contributed by atoms with Crippen LogP contribution < -0.4 is 10.1 Å². The van der Waals surface area contributed by atoms with Gasteiger partial charge >= 0.3 is 6.18 Å². The molecule has 0 aliphatic heterocycles. The van der Waals surface area contributed by atoms with Crippen molar-refractivity contribution in [3.63, 3.8) is 0 Å². The number of carbonyl (C=O) groups excluding carboxylic acids is 1. The summed E-state index contributed by atoms with van der Waals surface area (Å²) < 4.78 is 43.7. The van der Waals surface area contributed by atoms with Crippen LogP contribution in [0.5, 0.6) is 5.75 Å². The van der Waals surface area contributed by atoms with Gasteiger partial charge in [-0.1, -0.05) is 30.7 Å². The van der Waals surface area contributed by atoms with E-state index in [0.717, 1.165) is 12.1 Å². The Morgan fingerprint density at radius 1 is 1.21 bits per heavy atom. The minimum atomic E-state index is -4.47. The molecule has 128 valence electrons. The molecule has 0 spiro atoms. The molecule has 2 rings (SSSR count). The van der Waals surface area contributed by atoms with Gasteiger partial charge in [-0.25, -0.2) is 0 Å². The molecule has 0 aliphatic rings. The standard InChI is InChI=1S/C17H15ClF3NO2/c1-2-15(24-14-8-4-6-12(18)10-14)16(23)22-13-7-3-5-11(9-13)17(19,20)21/h3-10,15H,2H2,1H3,(H,22,23). The van der Waals surface area contributed by atoms with E-state index in [4.69, 9.17) is 16.3 Å². The van der Waals surface area contributed by atoms with Crippen LogP contribution >= 0.6 is 11.6 Å². The highest BCUT2D eigenvalue weighted by Gasteiger charge is 2.30. The lowest BCUT2D eigenvalue weighted by Gasteiger charge is -2.18. The van der Waals surface area contributed by atoms with Crippen LogP contribution in [0.1, 0.15) is 18.9 Å². The van der Waals surface area contributed by atoms with E-state index >= 15 is 0 Å². The molecule has 3 nitrogen and oxygen atoms in total. The molecule has 7 heteroatoms. The van der Waals surface area contributed by atoms with E-state index in [9.17, 15) is 18.0 Å². The monoisotopic (exact) mass is 357 g/mol. The second kappa shape index (κ2) is 7.57. The zero-order valence-electron chi connectivity index (χ0n) is 12.7. The fourth-order valence-corrected chi connectivity index (χ4v) is 2.20. The predicted octanol–water partition coefficient (Wildman–Crippen LogP) is 5.15. The predicted molar refractivity (Wildman–Crippen MR) is 86.2 cm³/mol. The molecule has 0 bridgehead atoms. The molecule has 2 aromatic carbocycles. The van der Waals surface area contributed by atoms with Crippen LogP contribution in [0.15, 0.2) is 48.5 Å². The molecular weight excluding hydrogens is 343 g/mol. The number of hydrogen-bond donors (Lipinski definition) is 1. The van der Waals surface area contributed by atoms with Gasteiger partial charge in [0.2, 0.25) is 0 Å². The fourth-order valence-electron chi connectivity index (χ4n) is 2.02.